The smallest absolute Gasteiger partial charge is 0.118 e. The van der Waals surface area contributed by atoms with Gasteiger partial charge in [0.2, 0.25) is 0 Å². The lowest BCUT2D eigenvalue weighted by Gasteiger charge is -2.22. The lowest BCUT2D eigenvalue weighted by atomic mass is 9.99. The van der Waals surface area contributed by atoms with Crippen molar-refractivity contribution in [2.75, 3.05) is 20.3 Å². The fourth-order valence-corrected chi connectivity index (χ4v) is 2.59. The predicted octanol–water partition coefficient (Wildman–Crippen LogP) is 3.31. The Kier molecular flexibility index (Phi) is 5.67. The predicted molar refractivity (Wildman–Crippen MR) is 77.6 cm³/mol. The van der Waals surface area contributed by atoms with Gasteiger partial charge in [-0.3, -0.25) is 0 Å². The molecule has 0 spiro atoms. The van der Waals surface area contributed by atoms with Crippen LogP contribution in [0.5, 0.6) is 5.75 Å². The topological polar surface area (TPSA) is 30.5 Å². The molecule has 2 rings (SSSR count). The second kappa shape index (κ2) is 7.51. The molecule has 1 fully saturated rings. The third-order valence-electron chi connectivity index (χ3n) is 3.68. The lowest BCUT2D eigenvalue weighted by Crippen LogP contribution is -2.26. The second-order valence-corrected chi connectivity index (χ2v) is 5.15. The van der Waals surface area contributed by atoms with Crippen LogP contribution in [0.2, 0.25) is 0 Å². The molecule has 0 amide bonds. The number of hydrogen-bond acceptors (Lipinski definition) is 3. The Morgan fingerprint density at radius 3 is 2.74 bits per heavy atom. The zero-order valence-electron chi connectivity index (χ0n) is 12.0. The Labute approximate surface area is 116 Å². The standard InChI is InChI=1S/C16H25NO2/c1-3-10-17-16(12-15-5-4-11-19-15)13-6-8-14(18-2)9-7-13/h6-9,15-17H,3-5,10-12H2,1-2H3. The van der Waals surface area contributed by atoms with Gasteiger partial charge in [-0.25, -0.2) is 0 Å². The van der Waals surface area contributed by atoms with E-state index in [1.54, 1.807) is 7.11 Å². The minimum Gasteiger partial charge on any atom is -0.497 e. The van der Waals surface area contributed by atoms with E-state index in [1.165, 1.54) is 18.4 Å². The summed E-state index contributed by atoms with van der Waals surface area (Å²) in [6.45, 7) is 4.17. The number of ether oxygens (including phenoxy) is 2. The SMILES string of the molecule is CCCNC(CC1CCCO1)c1ccc(OC)cc1. The monoisotopic (exact) mass is 263 g/mol. The van der Waals surface area contributed by atoms with Crippen molar-refractivity contribution >= 4 is 0 Å². The van der Waals surface area contributed by atoms with Crippen molar-refractivity contribution in [2.45, 2.75) is 44.8 Å². The number of rotatable bonds is 7. The van der Waals surface area contributed by atoms with Crippen LogP contribution in [0, 0.1) is 0 Å². The first kappa shape index (κ1) is 14.4. The van der Waals surface area contributed by atoms with E-state index in [1.807, 2.05) is 12.1 Å². The van der Waals surface area contributed by atoms with Crippen molar-refractivity contribution in [1.29, 1.82) is 0 Å². The van der Waals surface area contributed by atoms with Crippen molar-refractivity contribution in [3.05, 3.63) is 29.8 Å². The Morgan fingerprint density at radius 2 is 2.16 bits per heavy atom. The van der Waals surface area contributed by atoms with E-state index in [0.717, 1.165) is 31.7 Å². The first-order valence-corrected chi connectivity index (χ1v) is 7.32. The molecule has 1 N–H and O–H groups in total. The molecule has 1 aromatic rings. The zero-order chi connectivity index (χ0) is 13.5. The molecule has 106 valence electrons. The van der Waals surface area contributed by atoms with E-state index in [4.69, 9.17) is 9.47 Å². The molecule has 0 saturated carbocycles. The first-order chi connectivity index (χ1) is 9.33. The van der Waals surface area contributed by atoms with Gasteiger partial charge in [0.05, 0.1) is 13.2 Å². The van der Waals surface area contributed by atoms with E-state index in [0.29, 0.717) is 12.1 Å². The van der Waals surface area contributed by atoms with Gasteiger partial charge in [0.25, 0.3) is 0 Å². The molecule has 0 bridgehead atoms. The van der Waals surface area contributed by atoms with Gasteiger partial charge >= 0.3 is 0 Å². The summed E-state index contributed by atoms with van der Waals surface area (Å²) < 4.78 is 11.0. The van der Waals surface area contributed by atoms with Crippen molar-refractivity contribution < 1.29 is 9.47 Å². The molecule has 3 nitrogen and oxygen atoms in total. The van der Waals surface area contributed by atoms with Crippen LogP contribution in [-0.2, 0) is 4.74 Å². The number of methoxy groups -OCH3 is 1. The van der Waals surface area contributed by atoms with Crippen molar-refractivity contribution in [2.24, 2.45) is 0 Å². The molecule has 1 aliphatic heterocycles. The Morgan fingerprint density at radius 1 is 1.37 bits per heavy atom. The number of benzene rings is 1. The highest BCUT2D eigenvalue weighted by Gasteiger charge is 2.21. The van der Waals surface area contributed by atoms with Crippen molar-refractivity contribution in [3.63, 3.8) is 0 Å². The Hall–Kier alpha value is -1.06. The van der Waals surface area contributed by atoms with Crippen LogP contribution in [0.1, 0.15) is 44.2 Å². The summed E-state index contributed by atoms with van der Waals surface area (Å²) in [4.78, 5) is 0. The maximum atomic E-state index is 5.77. The van der Waals surface area contributed by atoms with Crippen LogP contribution in [0.3, 0.4) is 0 Å². The summed E-state index contributed by atoms with van der Waals surface area (Å²) in [5, 5.41) is 3.63. The van der Waals surface area contributed by atoms with Gasteiger partial charge in [0.15, 0.2) is 0 Å². The summed E-state index contributed by atoms with van der Waals surface area (Å²) in [7, 11) is 1.70. The van der Waals surface area contributed by atoms with Crippen molar-refractivity contribution in [1.82, 2.24) is 5.32 Å². The molecular weight excluding hydrogens is 238 g/mol. The molecule has 1 heterocycles. The number of hydrogen-bond donors (Lipinski definition) is 1. The van der Waals surface area contributed by atoms with E-state index in [2.05, 4.69) is 24.4 Å². The van der Waals surface area contributed by atoms with Gasteiger partial charge < -0.3 is 14.8 Å². The third kappa shape index (κ3) is 4.22. The molecule has 1 aliphatic rings. The minimum absolute atomic E-state index is 0.383. The van der Waals surface area contributed by atoms with Crippen LogP contribution in [0.25, 0.3) is 0 Å². The summed E-state index contributed by atoms with van der Waals surface area (Å²) in [5.41, 5.74) is 1.32. The maximum absolute atomic E-state index is 5.77. The van der Waals surface area contributed by atoms with Crippen LogP contribution in [0.15, 0.2) is 24.3 Å². The second-order valence-electron chi connectivity index (χ2n) is 5.15. The quantitative estimate of drug-likeness (QED) is 0.818. The zero-order valence-corrected chi connectivity index (χ0v) is 12.0. The normalized spacial score (nSPS) is 20.4. The van der Waals surface area contributed by atoms with Gasteiger partial charge in [-0.1, -0.05) is 19.1 Å². The van der Waals surface area contributed by atoms with Gasteiger partial charge in [-0.2, -0.15) is 0 Å². The van der Waals surface area contributed by atoms with Crippen LogP contribution >= 0.6 is 0 Å². The third-order valence-corrected chi connectivity index (χ3v) is 3.68. The van der Waals surface area contributed by atoms with E-state index in [9.17, 15) is 0 Å². The molecule has 1 aromatic carbocycles. The minimum atomic E-state index is 0.383. The van der Waals surface area contributed by atoms with Crippen LogP contribution in [0.4, 0.5) is 0 Å². The first-order valence-electron chi connectivity index (χ1n) is 7.32. The van der Waals surface area contributed by atoms with Gasteiger partial charge in [-0.05, 0) is 49.9 Å². The fraction of sp³-hybridized carbons (Fsp3) is 0.625. The van der Waals surface area contributed by atoms with Gasteiger partial charge in [0, 0.05) is 12.6 Å². The molecule has 2 unspecified atom stereocenters. The molecule has 0 aliphatic carbocycles. The highest BCUT2D eigenvalue weighted by Crippen LogP contribution is 2.26. The highest BCUT2D eigenvalue weighted by molar-refractivity contribution is 5.29. The average molecular weight is 263 g/mol. The Balaban J connectivity index is 2.01. The van der Waals surface area contributed by atoms with Crippen molar-refractivity contribution in [3.8, 4) is 5.75 Å². The lowest BCUT2D eigenvalue weighted by molar-refractivity contribution is 0.0946. The summed E-state index contributed by atoms with van der Waals surface area (Å²) in [5.74, 6) is 0.912. The van der Waals surface area contributed by atoms with Crippen LogP contribution < -0.4 is 10.1 Å². The molecule has 0 aromatic heterocycles. The van der Waals surface area contributed by atoms with Gasteiger partial charge in [0.1, 0.15) is 5.75 Å². The Bertz CT molecular complexity index is 358. The average Bonchev–Trinajstić information content (AvgIpc) is 2.96. The summed E-state index contributed by atoms with van der Waals surface area (Å²) in [6, 6.07) is 8.76. The van der Waals surface area contributed by atoms with Gasteiger partial charge in [-0.15, -0.1) is 0 Å². The molecule has 1 saturated heterocycles. The molecule has 2 atom stereocenters. The summed E-state index contributed by atoms with van der Waals surface area (Å²) in [6.07, 6.45) is 5.02. The van der Waals surface area contributed by atoms with Crippen LogP contribution in [-0.4, -0.2) is 26.4 Å². The molecule has 3 heteroatoms. The molecule has 19 heavy (non-hydrogen) atoms. The molecule has 0 radical (unpaired) electrons. The largest absolute Gasteiger partial charge is 0.497 e. The fourth-order valence-electron chi connectivity index (χ4n) is 2.59. The molecular formula is C16H25NO2. The number of nitrogens with one attached hydrogen (secondary N) is 1. The highest BCUT2D eigenvalue weighted by atomic mass is 16.5. The van der Waals surface area contributed by atoms with E-state index in [-0.39, 0.29) is 0 Å². The van der Waals surface area contributed by atoms with E-state index >= 15 is 0 Å². The summed E-state index contributed by atoms with van der Waals surface area (Å²) >= 11 is 0. The maximum Gasteiger partial charge on any atom is 0.118 e. The van der Waals surface area contributed by atoms with E-state index < -0.39 is 0 Å².